The van der Waals surface area contributed by atoms with Gasteiger partial charge in [-0.05, 0) is 20.8 Å². The van der Waals surface area contributed by atoms with E-state index in [0.717, 1.165) is 40.3 Å². The minimum Gasteiger partial charge on any atom is -0.308 e. The molecule has 1 N–H and O–H groups in total. The van der Waals surface area contributed by atoms with E-state index in [1.165, 1.54) is 0 Å². The molecule has 0 bridgehead atoms. The lowest BCUT2D eigenvalue weighted by Crippen LogP contribution is -2.32. The minimum absolute atomic E-state index is 0.277. The molecule has 0 spiro atoms. The third-order valence-electron chi connectivity index (χ3n) is 3.06. The monoisotopic (exact) mass is 249 g/mol. The van der Waals surface area contributed by atoms with Gasteiger partial charge in [0.2, 0.25) is 0 Å². The lowest BCUT2D eigenvalue weighted by atomic mass is 10.2. The van der Waals surface area contributed by atoms with Gasteiger partial charge in [-0.3, -0.25) is 0 Å². The van der Waals surface area contributed by atoms with Crippen molar-refractivity contribution in [3.8, 4) is 10.7 Å². The third-order valence-corrected chi connectivity index (χ3v) is 4.13. The molecule has 90 valence electrons. The van der Waals surface area contributed by atoms with E-state index >= 15 is 0 Å². The molecule has 3 heterocycles. The molecule has 1 unspecified atom stereocenters. The van der Waals surface area contributed by atoms with Crippen molar-refractivity contribution in [3.63, 3.8) is 0 Å². The van der Waals surface area contributed by atoms with Crippen LogP contribution in [-0.2, 0) is 6.54 Å². The average Bonchev–Trinajstić information content (AvgIpc) is 2.83. The van der Waals surface area contributed by atoms with Crippen molar-refractivity contribution in [1.29, 1.82) is 0 Å². The molecule has 2 aromatic rings. The molecule has 6 heteroatoms. The van der Waals surface area contributed by atoms with Crippen LogP contribution in [0.3, 0.4) is 0 Å². The Labute approximate surface area is 104 Å². The number of thiazole rings is 1. The molecular weight excluding hydrogens is 234 g/mol. The number of hydrogen-bond acceptors (Lipinski definition) is 5. The number of aryl methyl sites for hydroxylation is 2. The highest BCUT2D eigenvalue weighted by Crippen LogP contribution is 2.30. The Morgan fingerprint density at radius 3 is 2.88 bits per heavy atom. The van der Waals surface area contributed by atoms with E-state index in [0.29, 0.717) is 0 Å². The summed E-state index contributed by atoms with van der Waals surface area (Å²) in [7, 11) is 0. The summed E-state index contributed by atoms with van der Waals surface area (Å²) < 4.78 is 2.21. The summed E-state index contributed by atoms with van der Waals surface area (Å²) in [5.41, 5.74) is 1.05. The number of hydrogen-bond donors (Lipinski definition) is 1. The quantitative estimate of drug-likeness (QED) is 0.835. The lowest BCUT2D eigenvalue weighted by Gasteiger charge is -2.21. The average molecular weight is 249 g/mol. The third kappa shape index (κ3) is 1.68. The van der Waals surface area contributed by atoms with Crippen molar-refractivity contribution in [3.05, 3.63) is 16.5 Å². The summed E-state index contributed by atoms with van der Waals surface area (Å²) in [6.07, 6.45) is 0. The van der Waals surface area contributed by atoms with Crippen molar-refractivity contribution >= 4 is 11.3 Å². The van der Waals surface area contributed by atoms with E-state index in [-0.39, 0.29) is 6.04 Å². The van der Waals surface area contributed by atoms with Crippen LogP contribution in [0.25, 0.3) is 10.7 Å². The number of nitrogens with one attached hydrogen (secondary N) is 1. The Hall–Kier alpha value is -1.27. The predicted octanol–water partition coefficient (Wildman–Crippen LogP) is 1.68. The zero-order chi connectivity index (χ0) is 12.0. The molecule has 0 radical (unpaired) electrons. The molecule has 2 aromatic heterocycles. The van der Waals surface area contributed by atoms with Crippen LogP contribution < -0.4 is 5.32 Å². The van der Waals surface area contributed by atoms with Gasteiger partial charge in [0, 0.05) is 13.1 Å². The van der Waals surface area contributed by atoms with Crippen LogP contribution in [-0.4, -0.2) is 26.3 Å². The van der Waals surface area contributed by atoms with Gasteiger partial charge in [0.1, 0.15) is 5.82 Å². The topological polar surface area (TPSA) is 55.6 Å². The molecule has 0 aliphatic carbocycles. The maximum absolute atomic E-state index is 4.46. The molecule has 0 fully saturated rings. The van der Waals surface area contributed by atoms with E-state index < -0.39 is 0 Å². The zero-order valence-corrected chi connectivity index (χ0v) is 11.0. The van der Waals surface area contributed by atoms with Crippen molar-refractivity contribution in [2.75, 3.05) is 6.54 Å². The molecule has 1 aliphatic heterocycles. The van der Waals surface area contributed by atoms with E-state index in [2.05, 4.69) is 32.0 Å². The second-order valence-corrected chi connectivity index (χ2v) is 5.56. The fraction of sp³-hybridized carbons (Fsp3) is 0.545. The molecule has 0 amide bonds. The molecule has 1 atom stereocenters. The molecule has 0 saturated carbocycles. The Balaban J connectivity index is 2.13. The van der Waals surface area contributed by atoms with E-state index in [4.69, 9.17) is 0 Å². The van der Waals surface area contributed by atoms with Gasteiger partial charge in [0.25, 0.3) is 0 Å². The minimum atomic E-state index is 0.277. The second kappa shape index (κ2) is 3.89. The van der Waals surface area contributed by atoms with Gasteiger partial charge in [-0.25, -0.2) is 4.98 Å². The van der Waals surface area contributed by atoms with Crippen molar-refractivity contribution in [1.82, 2.24) is 25.1 Å². The van der Waals surface area contributed by atoms with Gasteiger partial charge in [-0.1, -0.05) is 0 Å². The van der Waals surface area contributed by atoms with Crippen molar-refractivity contribution < 1.29 is 0 Å². The molecule has 5 nitrogen and oxygen atoms in total. The van der Waals surface area contributed by atoms with Gasteiger partial charge in [-0.15, -0.1) is 21.5 Å². The highest BCUT2D eigenvalue weighted by molar-refractivity contribution is 7.15. The van der Waals surface area contributed by atoms with E-state index in [1.807, 2.05) is 13.8 Å². The van der Waals surface area contributed by atoms with Gasteiger partial charge >= 0.3 is 0 Å². The van der Waals surface area contributed by atoms with Crippen molar-refractivity contribution in [2.24, 2.45) is 0 Å². The first-order chi connectivity index (χ1) is 8.16. The van der Waals surface area contributed by atoms with E-state index in [9.17, 15) is 0 Å². The zero-order valence-electron chi connectivity index (χ0n) is 10.2. The normalized spacial score (nSPS) is 19.4. The Morgan fingerprint density at radius 1 is 1.35 bits per heavy atom. The first-order valence-electron chi connectivity index (χ1n) is 5.77. The Morgan fingerprint density at radius 2 is 2.18 bits per heavy atom. The van der Waals surface area contributed by atoms with Gasteiger partial charge in [0.05, 0.1) is 21.6 Å². The maximum Gasteiger partial charge on any atom is 0.176 e. The van der Waals surface area contributed by atoms with Crippen LogP contribution in [0.4, 0.5) is 0 Å². The van der Waals surface area contributed by atoms with Crippen LogP contribution in [0.2, 0.25) is 0 Å². The molecular formula is C11H15N5S. The maximum atomic E-state index is 4.46. The fourth-order valence-electron chi connectivity index (χ4n) is 2.25. The smallest absolute Gasteiger partial charge is 0.176 e. The van der Waals surface area contributed by atoms with Crippen LogP contribution in [0, 0.1) is 13.8 Å². The standard InChI is InChI=1S/C11H15N5S/c1-6-9(17-8(3)13-6)11-15-14-10-7(2)12-4-5-16(10)11/h7,12H,4-5H2,1-3H3. The highest BCUT2D eigenvalue weighted by atomic mass is 32.1. The van der Waals surface area contributed by atoms with E-state index in [1.54, 1.807) is 11.3 Å². The summed E-state index contributed by atoms with van der Waals surface area (Å²) in [5, 5.41) is 13.1. The molecule has 1 aliphatic rings. The first-order valence-corrected chi connectivity index (χ1v) is 6.59. The number of rotatable bonds is 1. The van der Waals surface area contributed by atoms with Gasteiger partial charge in [-0.2, -0.15) is 0 Å². The Kier molecular flexibility index (Phi) is 2.48. The van der Waals surface area contributed by atoms with Crippen LogP contribution in [0.5, 0.6) is 0 Å². The Bertz CT molecular complexity index is 556. The highest BCUT2D eigenvalue weighted by Gasteiger charge is 2.23. The van der Waals surface area contributed by atoms with Crippen LogP contribution in [0.1, 0.15) is 29.5 Å². The molecule has 17 heavy (non-hydrogen) atoms. The van der Waals surface area contributed by atoms with Crippen LogP contribution in [0.15, 0.2) is 0 Å². The SMILES string of the molecule is Cc1nc(C)c(-c2nnc3n2CCNC3C)s1. The summed E-state index contributed by atoms with van der Waals surface area (Å²) >= 11 is 1.69. The summed E-state index contributed by atoms with van der Waals surface area (Å²) in [5.74, 6) is 1.99. The van der Waals surface area contributed by atoms with Crippen molar-refractivity contribution in [2.45, 2.75) is 33.4 Å². The lowest BCUT2D eigenvalue weighted by molar-refractivity contribution is 0.439. The van der Waals surface area contributed by atoms with Crippen LogP contribution >= 0.6 is 11.3 Å². The van der Waals surface area contributed by atoms with Gasteiger partial charge < -0.3 is 9.88 Å². The summed E-state index contributed by atoms with van der Waals surface area (Å²) in [6, 6.07) is 0.277. The first kappa shape index (κ1) is 10.9. The fourth-order valence-corrected chi connectivity index (χ4v) is 3.16. The molecule has 3 rings (SSSR count). The second-order valence-electron chi connectivity index (χ2n) is 4.36. The summed E-state index contributed by atoms with van der Waals surface area (Å²) in [6.45, 7) is 8.08. The largest absolute Gasteiger partial charge is 0.308 e. The van der Waals surface area contributed by atoms with Gasteiger partial charge in [0.15, 0.2) is 5.82 Å². The summed E-state index contributed by atoms with van der Waals surface area (Å²) in [4.78, 5) is 5.61. The number of aromatic nitrogens is 4. The predicted molar refractivity (Wildman–Crippen MR) is 67.0 cm³/mol. The number of nitrogens with zero attached hydrogens (tertiary/aromatic N) is 4. The molecule has 0 saturated heterocycles. The number of fused-ring (bicyclic) bond motifs is 1. The molecule has 0 aromatic carbocycles.